The van der Waals surface area contributed by atoms with Gasteiger partial charge in [-0.2, -0.15) is 21.0 Å². The van der Waals surface area contributed by atoms with Crippen molar-refractivity contribution in [2.75, 3.05) is 4.84 Å². The molecule has 0 heterocycles. The van der Waals surface area contributed by atoms with Gasteiger partial charge in [-0.05, 0) is 12.1 Å². The Morgan fingerprint density at radius 2 is 1.22 bits per heavy atom. The quantitative estimate of drug-likeness (QED) is 0.613. The predicted molar refractivity (Wildman–Crippen MR) is 65.4 cm³/mol. The maximum absolute atomic E-state index is 8.13. The summed E-state index contributed by atoms with van der Waals surface area (Å²) >= 11 is 5.28. The molecule has 0 aromatic heterocycles. The van der Waals surface area contributed by atoms with Gasteiger partial charge in [0.25, 0.3) is 0 Å². The molecule has 0 aliphatic carbocycles. The van der Waals surface area contributed by atoms with Crippen LogP contribution in [0.4, 0.5) is 5.69 Å². The number of para-hydroxylation sites is 1. The van der Waals surface area contributed by atoms with Gasteiger partial charge in [0.15, 0.2) is 11.1 Å². The lowest BCUT2D eigenvalue weighted by Gasteiger charge is -1.91. The van der Waals surface area contributed by atoms with Crippen molar-refractivity contribution in [2.45, 2.75) is 0 Å². The van der Waals surface area contributed by atoms with Crippen molar-refractivity contribution in [3.63, 3.8) is 0 Å². The Morgan fingerprint density at radius 1 is 0.833 bits per heavy atom. The van der Waals surface area contributed by atoms with E-state index in [9.17, 15) is 0 Å². The van der Waals surface area contributed by atoms with Crippen LogP contribution in [0.1, 0.15) is 0 Å². The molecular weight excluding hydrogens is 250 g/mol. The minimum Gasteiger partial charge on any atom is -0.299 e. The van der Waals surface area contributed by atoms with E-state index in [0.29, 0.717) is 0 Å². The molecule has 86 valence electrons. The first-order chi connectivity index (χ1) is 8.73. The Bertz CT molecular complexity index is 512. The molecule has 5 nitrogen and oxygen atoms in total. The molecule has 0 aliphatic heterocycles. The molecule has 0 saturated heterocycles. The van der Waals surface area contributed by atoms with Crippen LogP contribution >= 0.6 is 11.8 Å². The Balaban J connectivity index is 0.000000327. The van der Waals surface area contributed by atoms with Crippen LogP contribution in [0.15, 0.2) is 41.5 Å². The molecule has 1 aromatic rings. The molecule has 0 aliphatic rings. The highest BCUT2D eigenvalue weighted by Crippen LogP contribution is 2.04. The van der Waals surface area contributed by atoms with Gasteiger partial charge < -0.3 is 0 Å². The van der Waals surface area contributed by atoms with Gasteiger partial charge in [0.1, 0.15) is 24.3 Å². The number of nitrogens with one attached hydrogen (secondary N) is 1. The van der Waals surface area contributed by atoms with Gasteiger partial charge in [-0.25, -0.2) is 0 Å². The summed E-state index contributed by atoms with van der Waals surface area (Å²) < 4.78 is 0. The number of rotatable bonds is 1. The van der Waals surface area contributed by atoms with E-state index in [1.54, 1.807) is 0 Å². The molecule has 1 N–H and O–H groups in total. The summed E-state index contributed by atoms with van der Waals surface area (Å²) in [5.41, 5.74) is 0.0455. The maximum Gasteiger partial charge on any atom is 0.158 e. The fraction of sp³-hybridized carbons (Fsp3) is 0. The van der Waals surface area contributed by atoms with Crippen LogP contribution in [0.25, 0.3) is 0 Å². The summed E-state index contributed by atoms with van der Waals surface area (Å²) in [4.78, 5) is 2.50. The summed E-state index contributed by atoms with van der Waals surface area (Å²) in [7, 11) is 0. The van der Waals surface area contributed by atoms with Gasteiger partial charge in [0, 0.05) is 17.5 Å². The number of benzene rings is 1. The van der Waals surface area contributed by atoms with E-state index in [0.717, 1.165) is 5.69 Å². The second kappa shape index (κ2) is 9.25. The summed E-state index contributed by atoms with van der Waals surface area (Å²) in [5, 5.41) is 32.5. The molecule has 0 atom stereocenters. The lowest BCUT2D eigenvalue weighted by Crippen LogP contribution is -1.79. The number of hydrogen-bond acceptors (Lipinski definition) is 5. The molecule has 0 bridgehead atoms. The Morgan fingerprint density at radius 3 is 1.44 bits per heavy atom. The zero-order valence-corrected chi connectivity index (χ0v) is 9.81. The zero-order valence-electron chi connectivity index (χ0n) is 9.05. The molecular formula is C12H6ClN5. The van der Waals surface area contributed by atoms with Crippen LogP contribution in [0.2, 0.25) is 0 Å². The molecule has 0 amide bonds. The summed E-state index contributed by atoms with van der Waals surface area (Å²) in [6.07, 6.45) is 0. The van der Waals surface area contributed by atoms with Crippen molar-refractivity contribution < 1.29 is 0 Å². The number of halogens is 1. The van der Waals surface area contributed by atoms with Crippen molar-refractivity contribution in [3.8, 4) is 24.3 Å². The highest BCUT2D eigenvalue weighted by molar-refractivity contribution is 6.23. The van der Waals surface area contributed by atoms with E-state index in [4.69, 9.17) is 32.8 Å². The molecule has 1 aromatic carbocycles. The molecule has 0 radical (unpaired) electrons. The van der Waals surface area contributed by atoms with E-state index < -0.39 is 11.1 Å². The topological polar surface area (TPSA) is 107 Å². The molecule has 18 heavy (non-hydrogen) atoms. The lowest BCUT2D eigenvalue weighted by atomic mass is 10.2. The van der Waals surface area contributed by atoms with E-state index in [2.05, 4.69) is 4.84 Å². The van der Waals surface area contributed by atoms with Gasteiger partial charge >= 0.3 is 0 Å². The van der Waals surface area contributed by atoms with Crippen molar-refractivity contribution in [1.29, 1.82) is 21.0 Å². The third-order valence-electron chi connectivity index (χ3n) is 1.58. The van der Waals surface area contributed by atoms with Crippen LogP contribution in [0, 0.1) is 45.3 Å². The van der Waals surface area contributed by atoms with Gasteiger partial charge in [-0.1, -0.05) is 18.2 Å². The molecule has 0 spiro atoms. The third-order valence-corrected chi connectivity index (χ3v) is 1.80. The second-order valence-corrected chi connectivity index (χ2v) is 2.85. The van der Waals surface area contributed by atoms with Crippen LogP contribution < -0.4 is 4.84 Å². The minimum atomic E-state index is -0.440. The van der Waals surface area contributed by atoms with Gasteiger partial charge in [-0.15, -0.1) is 0 Å². The van der Waals surface area contributed by atoms with Crippen LogP contribution in [0.5, 0.6) is 0 Å². The largest absolute Gasteiger partial charge is 0.299 e. The lowest BCUT2D eigenvalue weighted by molar-refractivity contribution is 1.41. The SMILES string of the molecule is ClNc1ccccc1.N#CC(C#N)=C(C#N)C#N. The number of nitriles is 4. The first kappa shape index (κ1) is 15.0. The summed E-state index contributed by atoms with van der Waals surface area (Å²) in [5.74, 6) is 0. The van der Waals surface area contributed by atoms with Crippen LogP contribution in [-0.4, -0.2) is 0 Å². The van der Waals surface area contributed by atoms with Gasteiger partial charge in [0.2, 0.25) is 0 Å². The van der Waals surface area contributed by atoms with Crippen molar-refractivity contribution in [1.82, 2.24) is 0 Å². The molecule has 6 heteroatoms. The van der Waals surface area contributed by atoms with Crippen molar-refractivity contribution >= 4 is 17.5 Å². The Hall–Kier alpha value is -2.99. The Labute approximate surface area is 109 Å². The minimum absolute atomic E-state index is 0.440. The van der Waals surface area contributed by atoms with Crippen molar-refractivity contribution in [3.05, 3.63) is 41.5 Å². The normalized spacial score (nSPS) is 6.94. The second-order valence-electron chi connectivity index (χ2n) is 2.66. The van der Waals surface area contributed by atoms with Gasteiger partial charge in [0.05, 0.1) is 0 Å². The molecule has 0 unspecified atom stereocenters. The summed E-state index contributed by atoms with van der Waals surface area (Å²) in [6.45, 7) is 0. The van der Waals surface area contributed by atoms with E-state index in [-0.39, 0.29) is 0 Å². The van der Waals surface area contributed by atoms with E-state index >= 15 is 0 Å². The first-order valence-corrected chi connectivity index (χ1v) is 4.87. The number of allylic oxidation sites excluding steroid dienone is 2. The average molecular weight is 256 g/mol. The smallest absolute Gasteiger partial charge is 0.158 e. The molecule has 0 fully saturated rings. The Kier molecular flexibility index (Phi) is 7.71. The van der Waals surface area contributed by atoms with E-state index in [1.807, 2.05) is 30.3 Å². The molecule has 1 rings (SSSR count). The standard InChI is InChI=1S/C6H6ClN.C6N4/c7-8-6-4-2-1-3-5-6;7-1-5(2-8)6(3-9)4-10/h1-5,8H;. The van der Waals surface area contributed by atoms with Crippen LogP contribution in [-0.2, 0) is 0 Å². The number of hydrogen-bond donors (Lipinski definition) is 1. The number of nitrogens with zero attached hydrogens (tertiary/aromatic N) is 4. The van der Waals surface area contributed by atoms with E-state index in [1.165, 1.54) is 24.3 Å². The fourth-order valence-electron chi connectivity index (χ4n) is 0.775. The third kappa shape index (κ3) is 5.19. The molecule has 0 saturated carbocycles. The maximum atomic E-state index is 8.13. The first-order valence-electron chi connectivity index (χ1n) is 4.49. The highest BCUT2D eigenvalue weighted by atomic mass is 35.5. The zero-order chi connectivity index (χ0) is 13.8. The monoisotopic (exact) mass is 255 g/mol. The summed E-state index contributed by atoms with van der Waals surface area (Å²) in [6, 6.07) is 15.3. The van der Waals surface area contributed by atoms with Crippen LogP contribution in [0.3, 0.4) is 0 Å². The average Bonchev–Trinajstić information content (AvgIpc) is 2.46. The predicted octanol–water partition coefficient (Wildman–Crippen LogP) is 2.63. The number of anilines is 1. The fourth-order valence-corrected chi connectivity index (χ4v) is 0.901. The highest BCUT2D eigenvalue weighted by Gasteiger charge is 2.01. The van der Waals surface area contributed by atoms with Crippen molar-refractivity contribution in [2.24, 2.45) is 0 Å². The van der Waals surface area contributed by atoms with Gasteiger partial charge in [-0.3, -0.25) is 4.84 Å².